The van der Waals surface area contributed by atoms with E-state index in [4.69, 9.17) is 0 Å². The van der Waals surface area contributed by atoms with Crippen LogP contribution in [0.25, 0.3) is 0 Å². The summed E-state index contributed by atoms with van der Waals surface area (Å²) in [6, 6.07) is 16.7. The number of nitrogens with zero attached hydrogens (tertiary/aromatic N) is 3. The van der Waals surface area contributed by atoms with E-state index >= 15 is 0 Å². The number of hydrogen-bond donors (Lipinski definition) is 2. The first-order valence-electron chi connectivity index (χ1n) is 8.19. The number of hydrogen-bond acceptors (Lipinski definition) is 4. The lowest BCUT2D eigenvalue weighted by molar-refractivity contribution is -0.122. The predicted molar refractivity (Wildman–Crippen MR) is 97.4 cm³/mol. The van der Waals surface area contributed by atoms with Crippen LogP contribution in [-0.2, 0) is 17.9 Å². The lowest BCUT2D eigenvalue weighted by Gasteiger charge is -2.07. The van der Waals surface area contributed by atoms with Gasteiger partial charge >= 0.3 is 0 Å². The normalized spacial score (nSPS) is 10.3. The fraction of sp³-hybridized carbons (Fsp3) is 0.158. The van der Waals surface area contributed by atoms with Crippen molar-refractivity contribution < 1.29 is 9.59 Å². The van der Waals surface area contributed by atoms with Crippen molar-refractivity contribution in [1.29, 1.82) is 0 Å². The van der Waals surface area contributed by atoms with Gasteiger partial charge in [0.05, 0.1) is 0 Å². The SMILES string of the molecule is Cc1ccccc1CNC(=O)Cn1cnc(NC(=O)c2ccccc2)n1. The van der Waals surface area contributed by atoms with E-state index in [9.17, 15) is 9.59 Å². The summed E-state index contributed by atoms with van der Waals surface area (Å²) in [4.78, 5) is 28.1. The van der Waals surface area contributed by atoms with Crippen LogP contribution in [0, 0.1) is 6.92 Å². The van der Waals surface area contributed by atoms with Gasteiger partial charge in [0, 0.05) is 12.1 Å². The van der Waals surface area contributed by atoms with Crippen LogP contribution < -0.4 is 10.6 Å². The molecule has 2 aromatic carbocycles. The Kier molecular flexibility index (Phi) is 5.38. The van der Waals surface area contributed by atoms with E-state index in [1.165, 1.54) is 11.0 Å². The molecule has 2 N–H and O–H groups in total. The largest absolute Gasteiger partial charge is 0.350 e. The molecule has 0 unspecified atom stereocenters. The maximum atomic E-state index is 12.1. The van der Waals surface area contributed by atoms with Crippen molar-refractivity contribution in [3.8, 4) is 0 Å². The van der Waals surface area contributed by atoms with E-state index in [2.05, 4.69) is 20.7 Å². The Morgan fingerprint density at radius 1 is 1.04 bits per heavy atom. The zero-order chi connectivity index (χ0) is 18.4. The Hall–Kier alpha value is -3.48. The van der Waals surface area contributed by atoms with Gasteiger partial charge in [0.2, 0.25) is 11.9 Å². The highest BCUT2D eigenvalue weighted by molar-refractivity contribution is 6.03. The molecule has 0 atom stereocenters. The van der Waals surface area contributed by atoms with Gasteiger partial charge < -0.3 is 5.32 Å². The molecule has 3 rings (SSSR count). The number of amides is 2. The third kappa shape index (κ3) is 4.54. The first kappa shape index (κ1) is 17.3. The minimum absolute atomic E-state index is 0.0279. The molecule has 0 radical (unpaired) electrons. The summed E-state index contributed by atoms with van der Waals surface area (Å²) in [5.74, 6) is -0.322. The van der Waals surface area contributed by atoms with Gasteiger partial charge in [0.15, 0.2) is 0 Å². The Bertz CT molecular complexity index is 905. The number of aromatic nitrogens is 3. The van der Waals surface area contributed by atoms with Crippen molar-refractivity contribution in [1.82, 2.24) is 20.1 Å². The second kappa shape index (κ2) is 8.06. The van der Waals surface area contributed by atoms with Crippen molar-refractivity contribution in [2.45, 2.75) is 20.0 Å². The van der Waals surface area contributed by atoms with E-state index in [1.54, 1.807) is 24.3 Å². The van der Waals surface area contributed by atoms with Crippen LogP contribution in [0.1, 0.15) is 21.5 Å². The molecule has 0 aliphatic heterocycles. The zero-order valence-electron chi connectivity index (χ0n) is 14.3. The number of carbonyl (C=O) groups is 2. The molecule has 132 valence electrons. The molecule has 0 bridgehead atoms. The highest BCUT2D eigenvalue weighted by Gasteiger charge is 2.10. The predicted octanol–water partition coefficient (Wildman–Crippen LogP) is 2.16. The van der Waals surface area contributed by atoms with Crippen LogP contribution in [0.15, 0.2) is 60.9 Å². The summed E-state index contributed by atoms with van der Waals surface area (Å²) in [5.41, 5.74) is 2.70. The molecule has 0 spiro atoms. The maximum Gasteiger partial charge on any atom is 0.258 e. The molecule has 26 heavy (non-hydrogen) atoms. The Balaban J connectivity index is 1.52. The van der Waals surface area contributed by atoms with Crippen LogP contribution >= 0.6 is 0 Å². The molecule has 1 aromatic heterocycles. The van der Waals surface area contributed by atoms with Crippen LogP contribution in [0.4, 0.5) is 5.95 Å². The molecule has 3 aromatic rings. The molecule has 7 nitrogen and oxygen atoms in total. The first-order chi connectivity index (χ1) is 12.6. The minimum atomic E-state index is -0.299. The second-order valence-corrected chi connectivity index (χ2v) is 5.79. The van der Waals surface area contributed by atoms with Gasteiger partial charge in [0.1, 0.15) is 12.9 Å². The highest BCUT2D eigenvalue weighted by atomic mass is 16.2. The summed E-state index contributed by atoms with van der Waals surface area (Å²) in [6.07, 6.45) is 1.41. The van der Waals surface area contributed by atoms with Crippen molar-refractivity contribution in [3.63, 3.8) is 0 Å². The summed E-state index contributed by atoms with van der Waals surface area (Å²) >= 11 is 0. The van der Waals surface area contributed by atoms with Crippen molar-refractivity contribution >= 4 is 17.8 Å². The van der Waals surface area contributed by atoms with Gasteiger partial charge in [-0.25, -0.2) is 9.67 Å². The lowest BCUT2D eigenvalue weighted by atomic mass is 10.1. The monoisotopic (exact) mass is 349 g/mol. The van der Waals surface area contributed by atoms with E-state index in [0.29, 0.717) is 12.1 Å². The third-order valence-electron chi connectivity index (χ3n) is 3.84. The number of benzene rings is 2. The molecule has 0 saturated heterocycles. The molecular formula is C19H19N5O2. The second-order valence-electron chi connectivity index (χ2n) is 5.79. The average Bonchev–Trinajstić information content (AvgIpc) is 3.08. The molecule has 2 amide bonds. The molecule has 0 fully saturated rings. The average molecular weight is 349 g/mol. The van der Waals surface area contributed by atoms with E-state index in [-0.39, 0.29) is 24.3 Å². The van der Waals surface area contributed by atoms with Gasteiger partial charge in [-0.3, -0.25) is 14.9 Å². The topological polar surface area (TPSA) is 88.9 Å². The summed E-state index contributed by atoms with van der Waals surface area (Å²) in [7, 11) is 0. The Morgan fingerprint density at radius 2 is 1.77 bits per heavy atom. The summed E-state index contributed by atoms with van der Waals surface area (Å²) in [6.45, 7) is 2.48. The van der Waals surface area contributed by atoms with Gasteiger partial charge in [-0.1, -0.05) is 42.5 Å². The summed E-state index contributed by atoms with van der Waals surface area (Å²) < 4.78 is 1.38. The van der Waals surface area contributed by atoms with E-state index in [0.717, 1.165) is 11.1 Å². The van der Waals surface area contributed by atoms with Gasteiger partial charge in [-0.2, -0.15) is 0 Å². The zero-order valence-corrected chi connectivity index (χ0v) is 14.3. The quantitative estimate of drug-likeness (QED) is 0.714. The van der Waals surface area contributed by atoms with Crippen molar-refractivity contribution in [2.24, 2.45) is 0 Å². The lowest BCUT2D eigenvalue weighted by Crippen LogP contribution is -2.27. The van der Waals surface area contributed by atoms with Crippen LogP contribution in [-0.4, -0.2) is 26.6 Å². The molecular weight excluding hydrogens is 330 g/mol. The van der Waals surface area contributed by atoms with Crippen molar-refractivity contribution in [2.75, 3.05) is 5.32 Å². The molecule has 0 aliphatic carbocycles. The number of anilines is 1. The smallest absolute Gasteiger partial charge is 0.258 e. The highest BCUT2D eigenvalue weighted by Crippen LogP contribution is 2.06. The van der Waals surface area contributed by atoms with Gasteiger partial charge in [-0.05, 0) is 30.2 Å². The molecule has 0 saturated carbocycles. The maximum absolute atomic E-state index is 12.1. The first-order valence-corrected chi connectivity index (χ1v) is 8.19. The number of rotatable bonds is 6. The van der Waals surface area contributed by atoms with Crippen molar-refractivity contribution in [3.05, 3.63) is 77.6 Å². The Labute approximate surface area is 151 Å². The van der Waals surface area contributed by atoms with Crippen LogP contribution in [0.5, 0.6) is 0 Å². The number of carbonyl (C=O) groups excluding carboxylic acids is 2. The molecule has 0 aliphatic rings. The van der Waals surface area contributed by atoms with Gasteiger partial charge in [-0.15, -0.1) is 5.10 Å². The van der Waals surface area contributed by atoms with Crippen LogP contribution in [0.2, 0.25) is 0 Å². The minimum Gasteiger partial charge on any atom is -0.350 e. The Morgan fingerprint density at radius 3 is 2.54 bits per heavy atom. The van der Waals surface area contributed by atoms with E-state index in [1.807, 2.05) is 37.3 Å². The molecule has 1 heterocycles. The number of nitrogens with one attached hydrogen (secondary N) is 2. The standard InChI is InChI=1S/C19H19N5O2/c1-14-7-5-6-10-16(14)11-20-17(25)12-24-13-21-19(23-24)22-18(26)15-8-3-2-4-9-15/h2-10,13H,11-12H2,1H3,(H,20,25)(H,22,23,26). The fourth-order valence-corrected chi connectivity index (χ4v) is 2.40. The fourth-order valence-electron chi connectivity index (χ4n) is 2.40. The van der Waals surface area contributed by atoms with Crippen LogP contribution in [0.3, 0.4) is 0 Å². The summed E-state index contributed by atoms with van der Waals surface area (Å²) in [5, 5.41) is 9.55. The van der Waals surface area contributed by atoms with Gasteiger partial charge in [0.25, 0.3) is 5.91 Å². The molecule has 7 heteroatoms. The van der Waals surface area contributed by atoms with E-state index < -0.39 is 0 Å². The third-order valence-corrected chi connectivity index (χ3v) is 3.84. The number of aryl methyl sites for hydroxylation is 1.